The molecule has 7 nitrogen and oxygen atoms in total. The Balaban J connectivity index is 1.58. The average molecular weight is 462 g/mol. The number of fused-ring (bicyclic) bond motifs is 1. The number of nitrogens with one attached hydrogen (secondary N) is 1. The highest BCUT2D eigenvalue weighted by molar-refractivity contribution is 6.31. The van der Waals surface area contributed by atoms with E-state index in [-0.39, 0.29) is 5.91 Å². The second-order valence-corrected chi connectivity index (χ2v) is 8.61. The van der Waals surface area contributed by atoms with Crippen LogP contribution in [0.2, 0.25) is 5.02 Å². The Labute approximate surface area is 196 Å². The number of nitrogen functional groups attached to an aromatic ring is 1. The van der Waals surface area contributed by atoms with Gasteiger partial charge in [-0.05, 0) is 73.9 Å². The molecule has 0 bridgehead atoms. The third kappa shape index (κ3) is 4.65. The Hall–Kier alpha value is -3.55. The zero-order chi connectivity index (χ0) is 23.8. The number of nitrogens with zero attached hydrogens (tertiary/aromatic N) is 3. The molecule has 0 radical (unpaired) electrons. The molecule has 4 aromatic rings. The summed E-state index contributed by atoms with van der Waals surface area (Å²) in [6.07, 6.45) is 3.09. The molecular weight excluding hydrogens is 438 g/mol. The van der Waals surface area contributed by atoms with Crippen LogP contribution in [0.4, 0.5) is 5.82 Å². The van der Waals surface area contributed by atoms with E-state index in [1.807, 2.05) is 26.0 Å². The zero-order valence-corrected chi connectivity index (χ0v) is 19.3. The summed E-state index contributed by atoms with van der Waals surface area (Å²) in [6, 6.07) is 12.2. The molecule has 3 aromatic heterocycles. The Morgan fingerprint density at radius 1 is 1.15 bits per heavy atom. The molecule has 0 fully saturated rings. The molecule has 4 N–H and O–H groups in total. The average Bonchev–Trinajstić information content (AvgIpc) is 2.77. The lowest BCUT2D eigenvalue weighted by Gasteiger charge is -2.24. The van der Waals surface area contributed by atoms with Crippen molar-refractivity contribution in [1.29, 1.82) is 0 Å². The molecule has 8 heteroatoms. The lowest BCUT2D eigenvalue weighted by Crippen LogP contribution is -2.27. The lowest BCUT2D eigenvalue weighted by atomic mass is 9.90. The highest BCUT2D eigenvalue weighted by Gasteiger charge is 2.28. The summed E-state index contributed by atoms with van der Waals surface area (Å²) < 4.78 is 0. The van der Waals surface area contributed by atoms with Crippen molar-refractivity contribution in [1.82, 2.24) is 20.3 Å². The minimum absolute atomic E-state index is 0.278. The van der Waals surface area contributed by atoms with E-state index in [9.17, 15) is 9.90 Å². The number of rotatable bonds is 5. The van der Waals surface area contributed by atoms with E-state index in [1.54, 1.807) is 43.5 Å². The Bertz CT molecular complexity index is 1350. The third-order valence-electron chi connectivity index (χ3n) is 5.73. The first kappa shape index (κ1) is 22.6. The van der Waals surface area contributed by atoms with Gasteiger partial charge >= 0.3 is 0 Å². The first-order valence-corrected chi connectivity index (χ1v) is 10.8. The van der Waals surface area contributed by atoms with Gasteiger partial charge in [0.05, 0.1) is 16.2 Å². The van der Waals surface area contributed by atoms with E-state index < -0.39 is 5.60 Å². The molecule has 3 heterocycles. The number of nitrogens with two attached hydrogens (primary N) is 1. The first-order chi connectivity index (χ1) is 15.6. The first-order valence-electron chi connectivity index (χ1n) is 10.4. The number of benzene rings is 1. The van der Waals surface area contributed by atoms with Gasteiger partial charge in [0.2, 0.25) is 0 Å². The van der Waals surface area contributed by atoms with Crippen LogP contribution in [-0.4, -0.2) is 26.0 Å². The molecular formula is C25H24ClN5O2. The summed E-state index contributed by atoms with van der Waals surface area (Å²) in [4.78, 5) is 25.7. The fraction of sp³-hybridized carbons (Fsp3) is 0.200. The summed E-state index contributed by atoms with van der Waals surface area (Å²) >= 11 is 6.07. The summed E-state index contributed by atoms with van der Waals surface area (Å²) in [5, 5.41) is 15.6. The molecule has 33 heavy (non-hydrogen) atoms. The minimum Gasteiger partial charge on any atom is -0.384 e. The SMILES string of the molecule is Cc1cc(N)nc(C)c1CNC(=O)c1ccnc(C(C)(O)c2ccc3ncc(Cl)cc3c2)c1. The number of aromatic nitrogens is 3. The summed E-state index contributed by atoms with van der Waals surface area (Å²) in [5.74, 6) is 0.174. The van der Waals surface area contributed by atoms with Crippen LogP contribution in [0.5, 0.6) is 0 Å². The molecule has 0 aliphatic heterocycles. The number of anilines is 1. The largest absolute Gasteiger partial charge is 0.384 e. The van der Waals surface area contributed by atoms with Gasteiger partial charge in [-0.3, -0.25) is 14.8 Å². The molecule has 0 aliphatic rings. The van der Waals surface area contributed by atoms with Gasteiger partial charge in [-0.2, -0.15) is 0 Å². The topological polar surface area (TPSA) is 114 Å². The van der Waals surface area contributed by atoms with Crippen molar-refractivity contribution < 1.29 is 9.90 Å². The van der Waals surface area contributed by atoms with E-state index in [0.717, 1.165) is 27.7 Å². The van der Waals surface area contributed by atoms with Crippen LogP contribution in [0.25, 0.3) is 10.9 Å². The van der Waals surface area contributed by atoms with Crippen molar-refractivity contribution in [3.8, 4) is 0 Å². The molecule has 1 aromatic carbocycles. The molecule has 0 aliphatic carbocycles. The molecule has 1 unspecified atom stereocenters. The fourth-order valence-corrected chi connectivity index (χ4v) is 3.99. The normalized spacial score (nSPS) is 13.0. The molecule has 0 spiro atoms. The van der Waals surface area contributed by atoms with Gasteiger partial charge in [0.25, 0.3) is 5.91 Å². The number of hydrogen-bond acceptors (Lipinski definition) is 6. The van der Waals surface area contributed by atoms with E-state index in [4.69, 9.17) is 17.3 Å². The van der Waals surface area contributed by atoms with Crippen LogP contribution in [-0.2, 0) is 12.1 Å². The molecule has 0 saturated heterocycles. The second-order valence-electron chi connectivity index (χ2n) is 8.17. The maximum atomic E-state index is 12.8. The lowest BCUT2D eigenvalue weighted by molar-refractivity contribution is 0.0939. The Kier molecular flexibility index (Phi) is 6.01. The van der Waals surface area contributed by atoms with Crippen molar-refractivity contribution >= 4 is 34.2 Å². The predicted octanol–water partition coefficient (Wildman–Crippen LogP) is 4.06. The van der Waals surface area contributed by atoms with Gasteiger partial charge in [0.1, 0.15) is 11.4 Å². The van der Waals surface area contributed by atoms with Crippen LogP contribution >= 0.6 is 11.6 Å². The van der Waals surface area contributed by atoms with Crippen molar-refractivity contribution in [2.75, 3.05) is 5.73 Å². The third-order valence-corrected chi connectivity index (χ3v) is 5.94. The smallest absolute Gasteiger partial charge is 0.251 e. The number of carbonyl (C=O) groups is 1. The van der Waals surface area contributed by atoms with Gasteiger partial charge < -0.3 is 16.2 Å². The van der Waals surface area contributed by atoms with Crippen LogP contribution in [0.1, 0.15) is 45.4 Å². The van der Waals surface area contributed by atoms with Gasteiger partial charge in [0.15, 0.2) is 0 Å². The minimum atomic E-state index is -1.43. The highest BCUT2D eigenvalue weighted by Crippen LogP contribution is 2.30. The number of aliphatic hydroxyl groups is 1. The van der Waals surface area contributed by atoms with Crippen molar-refractivity contribution in [3.05, 3.63) is 93.5 Å². The number of halogens is 1. The molecule has 0 saturated carbocycles. The van der Waals surface area contributed by atoms with Crippen LogP contribution in [0, 0.1) is 13.8 Å². The van der Waals surface area contributed by atoms with Gasteiger partial charge in [-0.15, -0.1) is 0 Å². The summed E-state index contributed by atoms with van der Waals surface area (Å²) in [5.41, 5.74) is 9.13. The van der Waals surface area contributed by atoms with Crippen LogP contribution in [0.3, 0.4) is 0 Å². The monoisotopic (exact) mass is 461 g/mol. The predicted molar refractivity (Wildman–Crippen MR) is 129 cm³/mol. The van der Waals surface area contributed by atoms with E-state index >= 15 is 0 Å². The second kappa shape index (κ2) is 8.77. The zero-order valence-electron chi connectivity index (χ0n) is 18.6. The van der Waals surface area contributed by atoms with Gasteiger partial charge in [0, 0.05) is 35.6 Å². The molecule has 1 atom stereocenters. The molecule has 4 rings (SSSR count). The molecule has 168 valence electrons. The van der Waals surface area contributed by atoms with Crippen LogP contribution in [0.15, 0.2) is 54.9 Å². The van der Waals surface area contributed by atoms with Crippen molar-refractivity contribution in [2.24, 2.45) is 0 Å². The Morgan fingerprint density at radius 3 is 2.70 bits per heavy atom. The molecule has 1 amide bonds. The van der Waals surface area contributed by atoms with Gasteiger partial charge in [-0.1, -0.05) is 17.7 Å². The quantitative estimate of drug-likeness (QED) is 0.413. The number of aryl methyl sites for hydroxylation is 2. The van der Waals surface area contributed by atoms with Crippen molar-refractivity contribution in [2.45, 2.75) is 32.9 Å². The van der Waals surface area contributed by atoms with E-state index in [1.165, 1.54) is 6.20 Å². The number of carbonyl (C=O) groups excluding carboxylic acids is 1. The van der Waals surface area contributed by atoms with E-state index in [0.29, 0.717) is 34.2 Å². The number of pyridine rings is 3. The number of amides is 1. The standard InChI is InChI=1S/C25H24ClN5O2/c1-14-8-23(27)31-15(2)20(14)13-30-24(32)16-6-7-28-22(11-16)25(3,33)18-4-5-21-17(9-18)10-19(26)12-29-21/h4-12,33H,13H2,1-3H3,(H2,27,31)(H,30,32). The number of hydrogen-bond donors (Lipinski definition) is 3. The summed E-state index contributed by atoms with van der Waals surface area (Å²) in [6.45, 7) is 5.75. The highest BCUT2D eigenvalue weighted by atomic mass is 35.5. The van der Waals surface area contributed by atoms with Crippen molar-refractivity contribution in [3.63, 3.8) is 0 Å². The Morgan fingerprint density at radius 2 is 1.94 bits per heavy atom. The van der Waals surface area contributed by atoms with Crippen LogP contribution < -0.4 is 11.1 Å². The van der Waals surface area contributed by atoms with E-state index in [2.05, 4.69) is 20.3 Å². The summed E-state index contributed by atoms with van der Waals surface area (Å²) in [7, 11) is 0. The maximum Gasteiger partial charge on any atom is 0.251 e. The maximum absolute atomic E-state index is 12.8. The van der Waals surface area contributed by atoms with Gasteiger partial charge in [-0.25, -0.2) is 4.98 Å². The fourth-order valence-electron chi connectivity index (χ4n) is 3.82.